The van der Waals surface area contributed by atoms with E-state index in [4.69, 9.17) is 10.6 Å². The zero-order valence-electron chi connectivity index (χ0n) is 10.0. The number of nitrogens with zero attached hydrogens (tertiary/aromatic N) is 2. The average Bonchev–Trinajstić information content (AvgIpc) is 2.39. The molecule has 4 N–H and O–H groups in total. The van der Waals surface area contributed by atoms with Gasteiger partial charge in [0.05, 0.1) is 12.2 Å². The highest BCUT2D eigenvalue weighted by atomic mass is 16.5. The van der Waals surface area contributed by atoms with E-state index in [1.165, 1.54) is 0 Å². The number of hydrogen-bond acceptors (Lipinski definition) is 4. The van der Waals surface area contributed by atoms with Crippen LogP contribution >= 0.6 is 0 Å². The van der Waals surface area contributed by atoms with Crippen molar-refractivity contribution < 1.29 is 4.74 Å². The number of ether oxygens (including phenoxy) is 1. The maximum Gasteiger partial charge on any atom is 0.206 e. The average molecular weight is 237 g/mol. The van der Waals surface area contributed by atoms with Gasteiger partial charge in [0.15, 0.2) is 0 Å². The minimum Gasteiger partial charge on any atom is -0.385 e. The number of nitrogens with one attached hydrogen (secondary N) is 2. The molecule has 0 saturated heterocycles. The summed E-state index contributed by atoms with van der Waals surface area (Å²) in [4.78, 5) is 8.45. The lowest BCUT2D eigenvalue weighted by atomic mass is 10.3. The number of pyridine rings is 1. The van der Waals surface area contributed by atoms with Crippen LogP contribution in [0, 0.1) is 0 Å². The third-order valence-electron chi connectivity index (χ3n) is 2.08. The fourth-order valence-electron chi connectivity index (χ4n) is 1.23. The summed E-state index contributed by atoms with van der Waals surface area (Å²) >= 11 is 0. The topological polar surface area (TPSA) is 84.6 Å². The molecule has 0 saturated carbocycles. The van der Waals surface area contributed by atoms with E-state index in [2.05, 4.69) is 20.7 Å². The smallest absolute Gasteiger partial charge is 0.206 e. The zero-order chi connectivity index (χ0) is 12.3. The van der Waals surface area contributed by atoms with E-state index in [0.29, 0.717) is 19.1 Å². The van der Waals surface area contributed by atoms with Crippen LogP contribution in [0.15, 0.2) is 29.4 Å². The second-order valence-electron chi connectivity index (χ2n) is 3.40. The van der Waals surface area contributed by atoms with Gasteiger partial charge in [-0.05, 0) is 18.6 Å². The molecule has 1 aromatic rings. The molecule has 0 amide bonds. The van der Waals surface area contributed by atoms with E-state index in [9.17, 15) is 0 Å². The van der Waals surface area contributed by atoms with Crippen LogP contribution in [-0.4, -0.2) is 31.2 Å². The summed E-state index contributed by atoms with van der Waals surface area (Å²) < 4.78 is 4.95. The molecule has 0 aliphatic rings. The van der Waals surface area contributed by atoms with Crippen molar-refractivity contribution in [2.45, 2.75) is 13.0 Å². The largest absolute Gasteiger partial charge is 0.385 e. The van der Waals surface area contributed by atoms with E-state index in [-0.39, 0.29) is 0 Å². The lowest BCUT2D eigenvalue weighted by Gasteiger charge is -2.08. The van der Waals surface area contributed by atoms with Gasteiger partial charge in [-0.1, -0.05) is 6.07 Å². The van der Waals surface area contributed by atoms with Crippen LogP contribution in [0.1, 0.15) is 12.1 Å². The van der Waals surface area contributed by atoms with Crippen molar-refractivity contribution >= 4 is 5.96 Å². The van der Waals surface area contributed by atoms with E-state index in [0.717, 1.165) is 18.7 Å². The summed E-state index contributed by atoms with van der Waals surface area (Å²) in [5.41, 5.74) is 3.42. The van der Waals surface area contributed by atoms with Crippen molar-refractivity contribution in [1.82, 2.24) is 15.7 Å². The molecule has 0 bridgehead atoms. The highest BCUT2D eigenvalue weighted by molar-refractivity contribution is 5.79. The Bertz CT molecular complexity index is 328. The number of methoxy groups -OCH3 is 1. The van der Waals surface area contributed by atoms with Gasteiger partial charge in [-0.15, -0.1) is 0 Å². The highest BCUT2D eigenvalue weighted by Gasteiger charge is 1.96. The predicted molar refractivity (Wildman–Crippen MR) is 67.2 cm³/mol. The van der Waals surface area contributed by atoms with Crippen LogP contribution in [0.5, 0.6) is 0 Å². The maximum atomic E-state index is 5.36. The van der Waals surface area contributed by atoms with Crippen molar-refractivity contribution in [3.8, 4) is 0 Å². The first-order chi connectivity index (χ1) is 8.36. The van der Waals surface area contributed by atoms with Gasteiger partial charge in [-0.2, -0.15) is 0 Å². The molecule has 0 fully saturated rings. The summed E-state index contributed by atoms with van der Waals surface area (Å²) in [7, 11) is 1.68. The Morgan fingerprint density at radius 1 is 1.53 bits per heavy atom. The second kappa shape index (κ2) is 8.49. The zero-order valence-corrected chi connectivity index (χ0v) is 10.0. The van der Waals surface area contributed by atoms with Gasteiger partial charge in [-0.3, -0.25) is 10.4 Å². The molecule has 0 aliphatic heterocycles. The molecular weight excluding hydrogens is 218 g/mol. The van der Waals surface area contributed by atoms with E-state index >= 15 is 0 Å². The summed E-state index contributed by atoms with van der Waals surface area (Å²) in [6.07, 6.45) is 2.65. The van der Waals surface area contributed by atoms with Gasteiger partial charge < -0.3 is 10.1 Å². The molecule has 6 nitrogen and oxygen atoms in total. The summed E-state index contributed by atoms with van der Waals surface area (Å²) in [6.45, 7) is 1.97. The Hall–Kier alpha value is -1.66. The molecule has 1 rings (SSSR count). The van der Waals surface area contributed by atoms with Crippen molar-refractivity contribution in [1.29, 1.82) is 0 Å². The molecule has 94 valence electrons. The standard InChI is InChI=1S/C11H19N5O/c1-17-8-4-7-14-11(16-12)15-9-10-5-2-3-6-13-10/h2-3,5-6H,4,7-9,12H2,1H3,(H2,14,15,16). The molecule has 0 unspecified atom stereocenters. The Morgan fingerprint density at radius 2 is 2.41 bits per heavy atom. The molecule has 0 aromatic carbocycles. The summed E-state index contributed by atoms with van der Waals surface area (Å²) in [5.74, 6) is 5.92. The Morgan fingerprint density at radius 3 is 3.06 bits per heavy atom. The predicted octanol–water partition coefficient (Wildman–Crippen LogP) is 0.0270. The van der Waals surface area contributed by atoms with E-state index < -0.39 is 0 Å². The van der Waals surface area contributed by atoms with Gasteiger partial charge in [0.25, 0.3) is 0 Å². The fraction of sp³-hybridized carbons (Fsp3) is 0.455. The molecule has 1 heterocycles. The molecule has 17 heavy (non-hydrogen) atoms. The lowest BCUT2D eigenvalue weighted by Crippen LogP contribution is -2.42. The molecule has 0 atom stereocenters. The Balaban J connectivity index is 2.34. The van der Waals surface area contributed by atoms with Gasteiger partial charge in [0, 0.05) is 26.5 Å². The number of aromatic nitrogens is 1. The summed E-state index contributed by atoms with van der Waals surface area (Å²) in [5, 5.41) is 3.08. The second-order valence-corrected chi connectivity index (χ2v) is 3.40. The third-order valence-corrected chi connectivity index (χ3v) is 2.08. The molecule has 0 aliphatic carbocycles. The van der Waals surface area contributed by atoms with Crippen LogP contribution in [0.25, 0.3) is 0 Å². The quantitative estimate of drug-likeness (QED) is 0.214. The number of guanidine groups is 1. The number of aliphatic imine (C=N–C) groups is 1. The van der Waals surface area contributed by atoms with Gasteiger partial charge in [0.1, 0.15) is 0 Å². The minimum absolute atomic E-state index is 0.498. The maximum absolute atomic E-state index is 5.36. The first kappa shape index (κ1) is 13.4. The first-order valence-electron chi connectivity index (χ1n) is 5.50. The SMILES string of the molecule is COCCCNC(=NCc1ccccn1)NN. The Kier molecular flexibility index (Phi) is 6.69. The Labute approximate surface area is 101 Å². The van der Waals surface area contributed by atoms with Crippen LogP contribution in [-0.2, 0) is 11.3 Å². The molecule has 1 aromatic heterocycles. The van der Waals surface area contributed by atoms with Crippen LogP contribution < -0.4 is 16.6 Å². The van der Waals surface area contributed by atoms with Crippen LogP contribution in [0.2, 0.25) is 0 Å². The number of nitrogens with two attached hydrogens (primary N) is 1. The first-order valence-corrected chi connectivity index (χ1v) is 5.50. The number of hydrogen-bond donors (Lipinski definition) is 3. The van der Waals surface area contributed by atoms with Crippen LogP contribution in [0.4, 0.5) is 0 Å². The van der Waals surface area contributed by atoms with Gasteiger partial charge >= 0.3 is 0 Å². The monoisotopic (exact) mass is 237 g/mol. The third kappa shape index (κ3) is 5.84. The van der Waals surface area contributed by atoms with Gasteiger partial charge in [-0.25, -0.2) is 10.8 Å². The number of rotatable bonds is 6. The molecule has 6 heteroatoms. The fourth-order valence-corrected chi connectivity index (χ4v) is 1.23. The van der Waals surface area contributed by atoms with Crippen molar-refractivity contribution in [3.05, 3.63) is 30.1 Å². The van der Waals surface area contributed by atoms with Crippen molar-refractivity contribution in [3.63, 3.8) is 0 Å². The normalized spacial score (nSPS) is 11.3. The molecule has 0 radical (unpaired) electrons. The van der Waals surface area contributed by atoms with E-state index in [1.807, 2.05) is 18.2 Å². The van der Waals surface area contributed by atoms with E-state index in [1.54, 1.807) is 13.3 Å². The lowest BCUT2D eigenvalue weighted by molar-refractivity contribution is 0.195. The highest BCUT2D eigenvalue weighted by Crippen LogP contribution is 1.94. The van der Waals surface area contributed by atoms with Crippen LogP contribution in [0.3, 0.4) is 0 Å². The summed E-state index contributed by atoms with van der Waals surface area (Å²) in [6, 6.07) is 5.72. The number of hydrazine groups is 1. The minimum atomic E-state index is 0.498. The van der Waals surface area contributed by atoms with Crippen molar-refractivity contribution in [2.24, 2.45) is 10.8 Å². The van der Waals surface area contributed by atoms with Crippen molar-refractivity contribution in [2.75, 3.05) is 20.3 Å². The molecule has 0 spiro atoms. The van der Waals surface area contributed by atoms with Gasteiger partial charge in [0.2, 0.25) is 5.96 Å². The molecular formula is C11H19N5O.